The molecule has 0 saturated heterocycles. The second kappa shape index (κ2) is 6.78. The Labute approximate surface area is 101 Å². The van der Waals surface area contributed by atoms with Gasteiger partial charge in [-0.25, -0.2) is 0 Å². The van der Waals surface area contributed by atoms with Gasteiger partial charge in [0.05, 0.1) is 6.04 Å². The summed E-state index contributed by atoms with van der Waals surface area (Å²) in [4.78, 5) is 26.2. The number of aromatic nitrogens is 1. The van der Waals surface area contributed by atoms with E-state index in [4.69, 9.17) is 0 Å². The van der Waals surface area contributed by atoms with Crippen molar-refractivity contribution in [3.63, 3.8) is 0 Å². The van der Waals surface area contributed by atoms with Crippen LogP contribution in [-0.2, 0) is 16.0 Å². The molecule has 0 aliphatic carbocycles. The van der Waals surface area contributed by atoms with Crippen LogP contribution in [0.2, 0.25) is 0 Å². The topological polar surface area (TPSA) is 59.1 Å². The molecule has 1 amide bonds. The van der Waals surface area contributed by atoms with Gasteiger partial charge in [0, 0.05) is 18.8 Å². The van der Waals surface area contributed by atoms with Crippen molar-refractivity contribution in [1.82, 2.24) is 10.3 Å². The van der Waals surface area contributed by atoms with Crippen molar-refractivity contribution in [1.29, 1.82) is 0 Å². The molecule has 1 aromatic heterocycles. The molecule has 0 spiro atoms. The third-order valence-electron chi connectivity index (χ3n) is 2.47. The van der Waals surface area contributed by atoms with E-state index < -0.39 is 6.04 Å². The molecule has 0 fully saturated rings. The van der Waals surface area contributed by atoms with Crippen molar-refractivity contribution in [2.75, 3.05) is 0 Å². The fraction of sp³-hybridized carbons (Fsp3) is 0.462. The van der Waals surface area contributed by atoms with Crippen LogP contribution < -0.4 is 5.32 Å². The van der Waals surface area contributed by atoms with Crippen molar-refractivity contribution in [3.05, 3.63) is 30.1 Å². The fourth-order valence-corrected chi connectivity index (χ4v) is 1.38. The summed E-state index contributed by atoms with van der Waals surface area (Å²) in [7, 11) is 0. The van der Waals surface area contributed by atoms with Crippen LogP contribution in [0.4, 0.5) is 0 Å². The number of pyridine rings is 1. The predicted molar refractivity (Wildman–Crippen MR) is 65.0 cm³/mol. The maximum Gasteiger partial charge on any atom is 0.223 e. The lowest BCUT2D eigenvalue weighted by Crippen LogP contribution is -2.39. The van der Waals surface area contributed by atoms with E-state index in [9.17, 15) is 9.59 Å². The van der Waals surface area contributed by atoms with Crippen molar-refractivity contribution in [3.8, 4) is 0 Å². The molecule has 1 aromatic rings. The molecular formula is C13H17N2O2. The zero-order chi connectivity index (χ0) is 12.7. The number of nitrogens with one attached hydrogen (secondary N) is 1. The molecule has 1 heterocycles. The molecule has 1 radical (unpaired) electrons. The van der Waals surface area contributed by atoms with Crippen LogP contribution in [0.15, 0.2) is 24.5 Å². The minimum atomic E-state index is -0.517. The molecule has 1 atom stereocenters. The molecule has 1 N–H and O–H groups in total. The summed E-state index contributed by atoms with van der Waals surface area (Å²) in [6.45, 7) is 3.74. The summed E-state index contributed by atoms with van der Waals surface area (Å²) in [6, 6.07) is 3.24. The summed E-state index contributed by atoms with van der Waals surface area (Å²) >= 11 is 0. The standard InChI is InChI=1S/C13H17N2O2/c1-10(2)12(9-16)15-13(17)6-5-11-4-3-7-14-8-11/h3-4,7-8,10,12H,5-6H2,1-2H3,(H,15,17)/t12-/m1/s1. The lowest BCUT2D eigenvalue weighted by atomic mass is 10.1. The summed E-state index contributed by atoms with van der Waals surface area (Å²) < 4.78 is 0. The number of hydrogen-bond donors (Lipinski definition) is 1. The van der Waals surface area contributed by atoms with Crippen molar-refractivity contribution >= 4 is 12.2 Å². The Hall–Kier alpha value is -1.71. The first-order valence-electron chi connectivity index (χ1n) is 5.69. The van der Waals surface area contributed by atoms with E-state index in [1.54, 1.807) is 12.4 Å². The summed E-state index contributed by atoms with van der Waals surface area (Å²) in [5.74, 6) is -0.0641. The lowest BCUT2D eigenvalue weighted by molar-refractivity contribution is -0.121. The summed E-state index contributed by atoms with van der Waals surface area (Å²) in [6.07, 6.45) is 6.25. The van der Waals surface area contributed by atoms with E-state index in [-0.39, 0.29) is 11.8 Å². The van der Waals surface area contributed by atoms with Crippen LogP contribution in [0, 0.1) is 5.92 Å². The van der Waals surface area contributed by atoms with Gasteiger partial charge in [-0.2, -0.15) is 0 Å². The average Bonchev–Trinajstić information content (AvgIpc) is 2.34. The molecule has 4 heteroatoms. The highest BCUT2D eigenvalue weighted by Gasteiger charge is 2.15. The number of hydrogen-bond acceptors (Lipinski definition) is 3. The molecule has 0 aromatic carbocycles. The predicted octanol–water partition coefficient (Wildman–Crippen LogP) is 1.26. The van der Waals surface area contributed by atoms with Gasteiger partial charge in [0.1, 0.15) is 0 Å². The first kappa shape index (κ1) is 13.4. The van der Waals surface area contributed by atoms with Gasteiger partial charge in [0.2, 0.25) is 12.2 Å². The normalized spacial score (nSPS) is 12.2. The van der Waals surface area contributed by atoms with Crippen LogP contribution in [0.25, 0.3) is 0 Å². The van der Waals surface area contributed by atoms with Crippen molar-refractivity contribution in [2.45, 2.75) is 32.7 Å². The maximum absolute atomic E-state index is 11.6. The lowest BCUT2D eigenvalue weighted by Gasteiger charge is -2.15. The molecule has 0 unspecified atom stereocenters. The van der Waals surface area contributed by atoms with Gasteiger partial charge in [-0.15, -0.1) is 0 Å². The second-order valence-corrected chi connectivity index (χ2v) is 4.27. The highest BCUT2D eigenvalue weighted by atomic mass is 16.2. The quantitative estimate of drug-likeness (QED) is 0.804. The van der Waals surface area contributed by atoms with Gasteiger partial charge in [-0.3, -0.25) is 14.6 Å². The van der Waals surface area contributed by atoms with E-state index in [0.717, 1.165) is 5.56 Å². The van der Waals surface area contributed by atoms with Crippen molar-refractivity contribution < 1.29 is 9.59 Å². The number of amides is 1. The Kier molecular flexibility index (Phi) is 5.33. The van der Waals surface area contributed by atoms with E-state index >= 15 is 0 Å². The minimum absolute atomic E-state index is 0.0647. The number of carbonyl (C=O) groups is 1. The van der Waals surface area contributed by atoms with Gasteiger partial charge in [-0.05, 0) is 24.0 Å². The largest absolute Gasteiger partial charge is 0.346 e. The molecular weight excluding hydrogens is 216 g/mol. The van der Waals surface area contributed by atoms with E-state index in [1.165, 1.54) is 0 Å². The Morgan fingerprint density at radius 1 is 1.53 bits per heavy atom. The number of nitrogens with zero attached hydrogens (tertiary/aromatic N) is 1. The average molecular weight is 233 g/mol. The Bertz CT molecular complexity index is 363. The summed E-state index contributed by atoms with van der Waals surface area (Å²) in [5, 5.41) is 2.65. The van der Waals surface area contributed by atoms with Gasteiger partial charge in [0.25, 0.3) is 0 Å². The third kappa shape index (κ3) is 4.76. The van der Waals surface area contributed by atoms with Crippen LogP contribution in [0.5, 0.6) is 0 Å². The van der Waals surface area contributed by atoms with E-state index in [0.29, 0.717) is 12.8 Å². The third-order valence-corrected chi connectivity index (χ3v) is 2.47. The van der Waals surface area contributed by atoms with Crippen LogP contribution >= 0.6 is 0 Å². The van der Waals surface area contributed by atoms with Gasteiger partial charge in [0.15, 0.2) is 0 Å². The maximum atomic E-state index is 11.6. The fourth-order valence-electron chi connectivity index (χ4n) is 1.38. The Morgan fingerprint density at radius 3 is 2.82 bits per heavy atom. The highest BCUT2D eigenvalue weighted by molar-refractivity contribution is 5.80. The highest BCUT2D eigenvalue weighted by Crippen LogP contribution is 2.02. The second-order valence-electron chi connectivity index (χ2n) is 4.27. The zero-order valence-corrected chi connectivity index (χ0v) is 10.1. The van der Waals surface area contributed by atoms with Gasteiger partial charge >= 0.3 is 0 Å². The van der Waals surface area contributed by atoms with Gasteiger partial charge in [-0.1, -0.05) is 19.9 Å². The van der Waals surface area contributed by atoms with Crippen molar-refractivity contribution in [2.24, 2.45) is 5.92 Å². The molecule has 17 heavy (non-hydrogen) atoms. The minimum Gasteiger partial charge on any atom is -0.346 e. The zero-order valence-electron chi connectivity index (χ0n) is 10.1. The van der Waals surface area contributed by atoms with E-state index in [2.05, 4.69) is 10.3 Å². The smallest absolute Gasteiger partial charge is 0.223 e. The molecule has 4 nitrogen and oxygen atoms in total. The SMILES string of the molecule is CC(C)[C@@H]([C]=O)NC(=O)CCc1cccnc1. The first-order chi connectivity index (χ1) is 8.13. The molecule has 0 saturated carbocycles. The van der Waals surface area contributed by atoms with Gasteiger partial charge < -0.3 is 5.32 Å². The van der Waals surface area contributed by atoms with Crippen LogP contribution in [0.3, 0.4) is 0 Å². The number of rotatable bonds is 6. The first-order valence-corrected chi connectivity index (χ1v) is 5.69. The molecule has 0 aliphatic rings. The molecule has 91 valence electrons. The number of carbonyl (C=O) groups excluding carboxylic acids is 2. The molecule has 1 rings (SSSR count). The Morgan fingerprint density at radius 2 is 2.29 bits per heavy atom. The molecule has 0 bridgehead atoms. The molecule has 0 aliphatic heterocycles. The summed E-state index contributed by atoms with van der Waals surface area (Å²) in [5.41, 5.74) is 1.01. The Balaban J connectivity index is 2.37. The van der Waals surface area contributed by atoms with Crippen LogP contribution in [-0.4, -0.2) is 23.2 Å². The monoisotopic (exact) mass is 233 g/mol. The van der Waals surface area contributed by atoms with E-state index in [1.807, 2.05) is 32.3 Å². The number of aryl methyl sites for hydroxylation is 1. The van der Waals surface area contributed by atoms with Crippen LogP contribution in [0.1, 0.15) is 25.8 Å².